The Morgan fingerprint density at radius 1 is 0.452 bits per heavy atom. The summed E-state index contributed by atoms with van der Waals surface area (Å²) in [5.41, 5.74) is -6.01. The molecule has 222 valence electrons. The van der Waals surface area contributed by atoms with Gasteiger partial charge in [-0.15, -0.1) is 0 Å². The van der Waals surface area contributed by atoms with E-state index in [1.165, 1.54) is 21.1 Å². The van der Waals surface area contributed by atoms with Gasteiger partial charge in [0.15, 0.2) is 0 Å². The zero-order valence-corrected chi connectivity index (χ0v) is 25.8. The van der Waals surface area contributed by atoms with Crippen molar-refractivity contribution < 1.29 is 78.6 Å². The van der Waals surface area contributed by atoms with Gasteiger partial charge in [-0.2, -0.15) is 0 Å². The van der Waals surface area contributed by atoms with Crippen LogP contribution < -0.4 is 0 Å². The van der Waals surface area contributed by atoms with Crippen LogP contribution in [0.5, 0.6) is 0 Å². The standard InChI is InChI=1S/2C8H8N2O4.C6H4N2O4.CH3.W/c2*1-3-10-6(13)8(7(10)14)4(11)9(2)5(8)12;1-8-4(11)6(5(8)12)2(9)7-3(6)10;;/h2*3H2,1-2H3;1H3,(H,7,9,10);1H3;/q;;;-1;+2/p-1. The monoisotopic (exact) mass is 758 g/mol. The molecule has 6 aliphatic rings. The van der Waals surface area contributed by atoms with E-state index in [0.29, 0.717) is 0 Å². The van der Waals surface area contributed by atoms with Gasteiger partial charge in [-0.1, -0.05) is 0 Å². The Labute approximate surface area is 250 Å². The first kappa shape index (κ1) is 33.7. The van der Waals surface area contributed by atoms with Gasteiger partial charge in [-0.05, 0) is 13.8 Å². The van der Waals surface area contributed by atoms with Crippen molar-refractivity contribution in [3.05, 3.63) is 12.7 Å². The third-order valence-electron chi connectivity index (χ3n) is 7.49. The molecule has 0 aromatic carbocycles. The number of amides is 12. The van der Waals surface area contributed by atoms with Crippen LogP contribution in [0.25, 0.3) is 5.32 Å². The smallest absolute Gasteiger partial charge is 0.592 e. The van der Waals surface area contributed by atoms with E-state index in [9.17, 15) is 57.5 Å². The van der Waals surface area contributed by atoms with E-state index >= 15 is 0 Å². The average molecular weight is 758 g/mol. The van der Waals surface area contributed by atoms with E-state index < -0.39 is 87.1 Å². The third-order valence-corrected chi connectivity index (χ3v) is 7.49. The van der Waals surface area contributed by atoms with E-state index in [2.05, 4.69) is 5.32 Å². The number of nitrogens with zero attached hydrogens (tertiary/aromatic N) is 6. The normalized spacial score (nSPS) is 23.3. The van der Waals surface area contributed by atoms with Crippen LogP contribution in [0, 0.1) is 23.7 Å². The number of carbonyl (C=O) groups is 12. The molecule has 6 rings (SSSR count). The number of rotatable bonds is 2. The summed E-state index contributed by atoms with van der Waals surface area (Å²) in [4.78, 5) is 138. The zero-order valence-electron chi connectivity index (χ0n) is 22.9. The maximum atomic E-state index is 11.4. The molecule has 0 atom stereocenters. The van der Waals surface area contributed by atoms with Gasteiger partial charge >= 0.3 is 21.1 Å². The van der Waals surface area contributed by atoms with Crippen molar-refractivity contribution in [1.82, 2.24) is 24.5 Å². The van der Waals surface area contributed by atoms with Crippen molar-refractivity contribution in [3.8, 4) is 0 Å². The predicted molar refractivity (Wildman–Crippen MR) is 125 cm³/mol. The van der Waals surface area contributed by atoms with Gasteiger partial charge in [0, 0.05) is 34.2 Å². The molecule has 6 heterocycles. The maximum Gasteiger partial charge on any atom is 2.00 e. The Balaban J connectivity index is 0.000000216. The molecular weight excluding hydrogens is 736 g/mol. The van der Waals surface area contributed by atoms with Gasteiger partial charge in [-0.25, -0.2) is 0 Å². The second-order valence-corrected chi connectivity index (χ2v) is 9.19. The van der Waals surface area contributed by atoms with E-state index in [-0.39, 0.29) is 41.6 Å². The number of hydrogen-bond acceptors (Lipinski definition) is 12. The fourth-order valence-corrected chi connectivity index (χ4v) is 4.94. The number of β-lactam (4-membered cyclic amide) rings is 12. The molecule has 0 aliphatic carbocycles. The largest absolute Gasteiger partial charge is 2.00 e. The molecule has 0 unspecified atom stereocenters. The molecule has 42 heavy (non-hydrogen) atoms. The molecule has 0 aromatic rings. The van der Waals surface area contributed by atoms with Crippen LogP contribution in [0.1, 0.15) is 13.8 Å². The van der Waals surface area contributed by atoms with Crippen molar-refractivity contribution in [2.24, 2.45) is 16.2 Å². The van der Waals surface area contributed by atoms with Crippen LogP contribution in [-0.2, 0) is 78.6 Å². The predicted octanol–water partition coefficient (Wildman–Crippen LogP) is -4.42. The van der Waals surface area contributed by atoms with Crippen molar-refractivity contribution >= 4 is 70.9 Å². The Hall–Kier alpha value is -4.47. The van der Waals surface area contributed by atoms with Crippen molar-refractivity contribution in [2.75, 3.05) is 34.2 Å². The first-order chi connectivity index (χ1) is 18.5. The number of likely N-dealkylation sites (tertiary alicyclic amines) is 5. The summed E-state index contributed by atoms with van der Waals surface area (Å²) in [7, 11) is 3.73. The molecule has 0 radical (unpaired) electrons. The van der Waals surface area contributed by atoms with Crippen molar-refractivity contribution in [2.45, 2.75) is 13.8 Å². The molecule has 0 N–H and O–H groups in total. The fourth-order valence-electron chi connectivity index (χ4n) is 4.94. The van der Waals surface area contributed by atoms with Crippen LogP contribution >= 0.6 is 0 Å². The molecule has 0 saturated carbocycles. The van der Waals surface area contributed by atoms with Crippen molar-refractivity contribution in [3.63, 3.8) is 0 Å². The Kier molecular flexibility index (Phi) is 8.12. The van der Waals surface area contributed by atoms with E-state index in [1.807, 2.05) is 0 Å². The fraction of sp³-hybridized carbons (Fsp3) is 0.435. The zero-order chi connectivity index (χ0) is 30.4. The van der Waals surface area contributed by atoms with Crippen LogP contribution in [0.15, 0.2) is 0 Å². The molecule has 12 amide bonds. The first-order valence-electron chi connectivity index (χ1n) is 11.5. The van der Waals surface area contributed by atoms with Gasteiger partial charge in [0.2, 0.25) is 5.41 Å². The number of imide groups is 6. The van der Waals surface area contributed by atoms with E-state index in [4.69, 9.17) is 0 Å². The Bertz CT molecular complexity index is 1290. The van der Waals surface area contributed by atoms with Gasteiger partial charge in [-0.3, -0.25) is 72.4 Å². The third kappa shape index (κ3) is 3.17. The minimum Gasteiger partial charge on any atom is -0.592 e. The summed E-state index contributed by atoms with van der Waals surface area (Å²) in [6, 6.07) is 0. The van der Waals surface area contributed by atoms with Crippen LogP contribution in [0.4, 0.5) is 0 Å². The number of hydrogen-bond donors (Lipinski definition) is 0. The van der Waals surface area contributed by atoms with Gasteiger partial charge in [0.1, 0.15) is 0 Å². The van der Waals surface area contributed by atoms with Gasteiger partial charge < -0.3 is 22.3 Å². The summed E-state index contributed by atoms with van der Waals surface area (Å²) >= 11 is 0. The molecule has 19 heteroatoms. The SMILES string of the molecule is CCN1C(=O)C2(C(=O)N(C)C2=O)C1=O.CCN1C(=O)C2(C(=O)N(C)C2=O)C1=O.CN1C(=O)C2(C(=O)[N-]C2=O)C1=O.[CH3-].[W+2]. The summed E-state index contributed by atoms with van der Waals surface area (Å²) < 4.78 is 0. The van der Waals surface area contributed by atoms with Gasteiger partial charge in [0.25, 0.3) is 69.9 Å². The molecule has 18 nitrogen and oxygen atoms in total. The van der Waals surface area contributed by atoms with Crippen LogP contribution in [0.2, 0.25) is 0 Å². The van der Waals surface area contributed by atoms with Crippen LogP contribution in [-0.4, -0.2) is 130 Å². The molecule has 6 aliphatic heterocycles. The first-order valence-corrected chi connectivity index (χ1v) is 11.5. The molecule has 3 spiro atoms. The Morgan fingerprint density at radius 2 is 0.667 bits per heavy atom. The topological polar surface area (TPSA) is 235 Å². The Morgan fingerprint density at radius 3 is 0.833 bits per heavy atom. The molecule has 6 saturated heterocycles. The van der Waals surface area contributed by atoms with Crippen molar-refractivity contribution in [1.29, 1.82) is 0 Å². The summed E-state index contributed by atoms with van der Waals surface area (Å²) in [5.74, 6) is -8.95. The van der Waals surface area contributed by atoms with E-state index in [0.717, 1.165) is 24.5 Å². The summed E-state index contributed by atoms with van der Waals surface area (Å²) in [6.07, 6.45) is 0. The minimum atomic E-state index is -2.05. The molecule has 0 aromatic heterocycles. The maximum absolute atomic E-state index is 11.4. The molecular formula is C23H22N6O12W. The quantitative estimate of drug-likeness (QED) is 0.148. The average Bonchev–Trinajstić information content (AvgIpc) is 2.94. The van der Waals surface area contributed by atoms with E-state index in [1.54, 1.807) is 13.8 Å². The molecule has 0 bridgehead atoms. The summed E-state index contributed by atoms with van der Waals surface area (Å²) in [5, 5.41) is 2.89. The van der Waals surface area contributed by atoms with Gasteiger partial charge in [0.05, 0.1) is 11.8 Å². The molecule has 6 fully saturated rings. The summed E-state index contributed by atoms with van der Waals surface area (Å²) in [6.45, 7) is 3.62. The second kappa shape index (κ2) is 10.1. The number of carbonyl (C=O) groups excluding carboxylic acids is 12. The second-order valence-electron chi connectivity index (χ2n) is 9.19. The minimum absolute atomic E-state index is 0. The van der Waals surface area contributed by atoms with Crippen LogP contribution in [0.3, 0.4) is 0 Å².